The number of allylic oxidation sites excluding steroid dienone is 2. The van der Waals surface area contributed by atoms with Crippen molar-refractivity contribution in [1.29, 1.82) is 0 Å². The van der Waals surface area contributed by atoms with E-state index >= 15 is 0 Å². The van der Waals surface area contributed by atoms with Gasteiger partial charge in [0.05, 0.1) is 29.7 Å². The van der Waals surface area contributed by atoms with Gasteiger partial charge in [-0.15, -0.1) is 0 Å². The summed E-state index contributed by atoms with van der Waals surface area (Å²) in [6.45, 7) is 1.92. The highest BCUT2D eigenvalue weighted by atomic mass is 19.4. The Kier molecular flexibility index (Phi) is 5.32. The van der Waals surface area contributed by atoms with Gasteiger partial charge in [-0.3, -0.25) is 9.78 Å². The molecule has 1 unspecified atom stereocenters. The number of rotatable bonds is 4. The zero-order valence-corrected chi connectivity index (χ0v) is 16.3. The molecule has 1 aliphatic carbocycles. The Morgan fingerprint density at radius 3 is 2.77 bits per heavy atom. The molecule has 1 aromatic carbocycles. The molecule has 1 aliphatic rings. The van der Waals surface area contributed by atoms with E-state index in [9.17, 15) is 18.0 Å². The van der Waals surface area contributed by atoms with Crippen LogP contribution in [0.2, 0.25) is 0 Å². The van der Waals surface area contributed by atoms with Gasteiger partial charge in [-0.25, -0.2) is 4.98 Å². The molecule has 156 valence electrons. The van der Waals surface area contributed by atoms with Gasteiger partial charge in [0.15, 0.2) is 0 Å². The summed E-state index contributed by atoms with van der Waals surface area (Å²) in [7, 11) is 0. The molecule has 3 aromatic rings. The van der Waals surface area contributed by atoms with Crippen LogP contribution >= 0.6 is 0 Å². The molecule has 0 fully saturated rings. The summed E-state index contributed by atoms with van der Waals surface area (Å²) in [6.07, 6.45) is 0.920. The topological polar surface area (TPSA) is 68.0 Å². The first-order chi connectivity index (χ1) is 14.3. The van der Waals surface area contributed by atoms with E-state index in [1.807, 2.05) is 18.2 Å². The van der Waals surface area contributed by atoms with E-state index in [4.69, 9.17) is 4.42 Å². The van der Waals surface area contributed by atoms with Gasteiger partial charge in [0.2, 0.25) is 5.89 Å². The molecule has 0 aliphatic heterocycles. The Morgan fingerprint density at radius 2 is 2.10 bits per heavy atom. The van der Waals surface area contributed by atoms with Crippen molar-refractivity contribution in [2.45, 2.75) is 38.9 Å². The number of carbonyl (C=O) groups is 1. The van der Waals surface area contributed by atoms with Crippen LogP contribution in [0.4, 0.5) is 13.2 Å². The van der Waals surface area contributed by atoms with Gasteiger partial charge in [0.1, 0.15) is 5.76 Å². The minimum atomic E-state index is -4.17. The van der Waals surface area contributed by atoms with Crippen molar-refractivity contribution in [1.82, 2.24) is 15.3 Å². The summed E-state index contributed by atoms with van der Waals surface area (Å²) in [5, 5.41) is 3.48. The van der Waals surface area contributed by atoms with Crippen LogP contribution < -0.4 is 5.32 Å². The summed E-state index contributed by atoms with van der Waals surface area (Å²) in [5.41, 5.74) is 2.73. The summed E-state index contributed by atoms with van der Waals surface area (Å²) >= 11 is 0. The number of amides is 1. The van der Waals surface area contributed by atoms with E-state index in [1.54, 1.807) is 25.3 Å². The number of carbonyl (C=O) groups excluding carboxylic acids is 1. The molecule has 1 atom stereocenters. The van der Waals surface area contributed by atoms with E-state index in [2.05, 4.69) is 15.3 Å². The second-order valence-electron chi connectivity index (χ2n) is 7.39. The smallest absolute Gasteiger partial charge is 0.392 e. The Hall–Kier alpha value is -3.16. The fourth-order valence-electron chi connectivity index (χ4n) is 3.67. The molecular weight excluding hydrogens is 395 g/mol. The van der Waals surface area contributed by atoms with Crippen LogP contribution in [0.1, 0.15) is 46.8 Å². The summed E-state index contributed by atoms with van der Waals surface area (Å²) in [6, 6.07) is 7.23. The number of hydrogen-bond acceptors (Lipinski definition) is 4. The number of halogens is 3. The quantitative estimate of drug-likeness (QED) is 0.635. The first-order valence-corrected chi connectivity index (χ1v) is 9.65. The van der Waals surface area contributed by atoms with Crippen molar-refractivity contribution in [2.75, 3.05) is 0 Å². The molecule has 8 heteroatoms. The molecule has 5 nitrogen and oxygen atoms in total. The highest BCUT2D eigenvalue weighted by molar-refractivity contribution is 6.00. The van der Waals surface area contributed by atoms with Crippen molar-refractivity contribution in [3.63, 3.8) is 0 Å². The van der Waals surface area contributed by atoms with Crippen LogP contribution in [-0.2, 0) is 6.54 Å². The molecule has 1 N–H and O–H groups in total. The van der Waals surface area contributed by atoms with E-state index in [0.29, 0.717) is 29.2 Å². The number of fused-ring (bicyclic) bond motifs is 1. The zero-order valence-electron chi connectivity index (χ0n) is 16.3. The Labute approximate surface area is 171 Å². The van der Waals surface area contributed by atoms with Gasteiger partial charge in [-0.05, 0) is 49.5 Å². The molecule has 30 heavy (non-hydrogen) atoms. The van der Waals surface area contributed by atoms with Gasteiger partial charge in [-0.2, -0.15) is 13.2 Å². The maximum absolute atomic E-state index is 13.0. The SMILES string of the molecule is Cc1cnc(CNC(=O)c2cnc3cccc(C4=CCC(C(F)(F)F)CC4)c3c2)o1. The Bertz CT molecular complexity index is 1120. The van der Waals surface area contributed by atoms with Crippen molar-refractivity contribution in [3.8, 4) is 0 Å². The molecule has 0 radical (unpaired) electrons. The van der Waals surface area contributed by atoms with Crippen LogP contribution in [0.25, 0.3) is 16.5 Å². The predicted molar refractivity (Wildman–Crippen MR) is 106 cm³/mol. The van der Waals surface area contributed by atoms with Gasteiger partial charge in [0, 0.05) is 11.6 Å². The lowest BCUT2D eigenvalue weighted by atomic mass is 9.85. The minimum Gasteiger partial charge on any atom is -0.444 e. The molecule has 0 bridgehead atoms. The third-order valence-corrected chi connectivity index (χ3v) is 5.28. The van der Waals surface area contributed by atoms with Crippen LogP contribution in [0.15, 0.2) is 47.2 Å². The van der Waals surface area contributed by atoms with Crippen LogP contribution in [0.5, 0.6) is 0 Å². The zero-order chi connectivity index (χ0) is 21.3. The van der Waals surface area contributed by atoms with Crippen LogP contribution in [0, 0.1) is 12.8 Å². The molecule has 0 saturated heterocycles. The highest BCUT2D eigenvalue weighted by Crippen LogP contribution is 2.40. The fraction of sp³-hybridized carbons (Fsp3) is 0.318. The maximum Gasteiger partial charge on any atom is 0.392 e. The average Bonchev–Trinajstić information content (AvgIpc) is 3.16. The second kappa shape index (κ2) is 7.93. The number of oxazole rings is 1. The monoisotopic (exact) mass is 415 g/mol. The van der Waals surface area contributed by atoms with Gasteiger partial charge < -0.3 is 9.73 Å². The molecule has 2 heterocycles. The molecule has 4 rings (SSSR count). The number of hydrogen-bond donors (Lipinski definition) is 1. The van der Waals surface area contributed by atoms with E-state index in [-0.39, 0.29) is 25.3 Å². The molecule has 0 spiro atoms. The Morgan fingerprint density at radius 1 is 1.27 bits per heavy atom. The Balaban J connectivity index is 1.58. The van der Waals surface area contributed by atoms with Crippen molar-refractivity contribution >= 4 is 22.4 Å². The van der Waals surface area contributed by atoms with E-state index < -0.39 is 12.1 Å². The van der Waals surface area contributed by atoms with Crippen molar-refractivity contribution in [2.24, 2.45) is 5.92 Å². The standard InChI is InChI=1S/C22H20F3N3O2/c1-13-10-27-20(30-13)12-28-21(29)15-9-18-17(3-2-4-19(18)26-11-15)14-5-7-16(8-6-14)22(23,24)25/h2-5,9-11,16H,6-8,12H2,1H3,(H,28,29). The predicted octanol–water partition coefficient (Wildman–Crippen LogP) is 5.21. The number of alkyl halides is 3. The van der Waals surface area contributed by atoms with Crippen LogP contribution in [0.3, 0.4) is 0 Å². The number of benzene rings is 1. The van der Waals surface area contributed by atoms with E-state index in [1.165, 1.54) is 6.20 Å². The first-order valence-electron chi connectivity index (χ1n) is 9.65. The van der Waals surface area contributed by atoms with Gasteiger partial charge in [0.25, 0.3) is 5.91 Å². The van der Waals surface area contributed by atoms with Crippen molar-refractivity contribution in [3.05, 3.63) is 65.5 Å². The largest absolute Gasteiger partial charge is 0.444 e. The molecule has 1 amide bonds. The average molecular weight is 415 g/mol. The van der Waals surface area contributed by atoms with Gasteiger partial charge in [-0.1, -0.05) is 18.2 Å². The third kappa shape index (κ3) is 4.22. The first kappa shape index (κ1) is 20.1. The second-order valence-corrected chi connectivity index (χ2v) is 7.39. The number of pyridine rings is 1. The lowest BCUT2D eigenvalue weighted by Crippen LogP contribution is -2.24. The number of nitrogens with one attached hydrogen (secondary N) is 1. The summed E-state index contributed by atoms with van der Waals surface area (Å²) < 4.78 is 44.2. The lowest BCUT2D eigenvalue weighted by molar-refractivity contribution is -0.175. The number of aryl methyl sites for hydroxylation is 1. The number of aromatic nitrogens is 2. The molecule has 0 saturated carbocycles. The van der Waals surface area contributed by atoms with Gasteiger partial charge >= 0.3 is 6.18 Å². The maximum atomic E-state index is 13.0. The lowest BCUT2D eigenvalue weighted by Gasteiger charge is -2.24. The fourth-order valence-corrected chi connectivity index (χ4v) is 3.67. The molecule has 2 aromatic heterocycles. The van der Waals surface area contributed by atoms with E-state index in [0.717, 1.165) is 16.5 Å². The third-order valence-electron chi connectivity index (χ3n) is 5.28. The van der Waals surface area contributed by atoms with Crippen LogP contribution in [-0.4, -0.2) is 22.1 Å². The summed E-state index contributed by atoms with van der Waals surface area (Å²) in [5.74, 6) is -0.564. The number of nitrogens with zero attached hydrogens (tertiary/aromatic N) is 2. The highest BCUT2D eigenvalue weighted by Gasteiger charge is 2.39. The minimum absolute atomic E-state index is 0.0294. The van der Waals surface area contributed by atoms with Crippen molar-refractivity contribution < 1.29 is 22.4 Å². The normalized spacial score (nSPS) is 17.1. The summed E-state index contributed by atoms with van der Waals surface area (Å²) in [4.78, 5) is 21.0. The molecular formula is C22H20F3N3O2.